The number of hydrogen-bond donors (Lipinski definition) is 2. The highest BCUT2D eigenvalue weighted by Crippen LogP contribution is 2.29. The van der Waals surface area contributed by atoms with Crippen LogP contribution in [-0.2, 0) is 4.79 Å². The van der Waals surface area contributed by atoms with Crippen molar-refractivity contribution in [1.82, 2.24) is 20.2 Å². The molecular weight excluding hydrogens is 466 g/mol. The Labute approximate surface area is 206 Å². The van der Waals surface area contributed by atoms with E-state index in [1.165, 1.54) is 31.2 Å². The lowest BCUT2D eigenvalue weighted by Crippen LogP contribution is -2.20. The minimum absolute atomic E-state index is 0.0286. The number of nitrogens with zero attached hydrogens (tertiary/aromatic N) is 4. The van der Waals surface area contributed by atoms with Gasteiger partial charge in [0.15, 0.2) is 22.5 Å². The van der Waals surface area contributed by atoms with Crippen molar-refractivity contribution in [3.8, 4) is 34.3 Å². The average molecular weight is 490 g/mol. The number of nitrogens with one attached hydrogen (secondary N) is 1. The van der Waals surface area contributed by atoms with Gasteiger partial charge in [-0.25, -0.2) is 5.43 Å². The number of aromatic nitrogens is 3. The molecule has 4 rings (SSSR count). The van der Waals surface area contributed by atoms with Gasteiger partial charge in [0.25, 0.3) is 5.91 Å². The lowest BCUT2D eigenvalue weighted by molar-refractivity contribution is -0.118. The number of ether oxygens (including phenoxy) is 2. The first kappa shape index (κ1) is 23.8. The number of methoxy groups -OCH3 is 2. The topological polar surface area (TPSA) is 111 Å². The van der Waals surface area contributed by atoms with Gasteiger partial charge in [0.05, 0.1) is 26.2 Å². The Kier molecular flexibility index (Phi) is 7.63. The van der Waals surface area contributed by atoms with Crippen LogP contribution in [0.25, 0.3) is 17.1 Å². The van der Waals surface area contributed by atoms with Gasteiger partial charge < -0.3 is 14.6 Å². The van der Waals surface area contributed by atoms with E-state index in [9.17, 15) is 9.90 Å². The number of rotatable bonds is 9. The summed E-state index contributed by atoms with van der Waals surface area (Å²) in [6.07, 6.45) is 1.47. The van der Waals surface area contributed by atoms with Crippen molar-refractivity contribution in [2.75, 3.05) is 20.0 Å². The number of phenols is 1. The summed E-state index contributed by atoms with van der Waals surface area (Å²) < 4.78 is 12.2. The first-order chi connectivity index (χ1) is 17.1. The molecule has 0 saturated carbocycles. The zero-order valence-electron chi connectivity index (χ0n) is 19.1. The molecule has 0 unspecified atom stereocenters. The smallest absolute Gasteiger partial charge is 0.250 e. The first-order valence-electron chi connectivity index (χ1n) is 10.6. The third-order valence-corrected chi connectivity index (χ3v) is 5.86. The molecule has 0 aliphatic rings. The van der Waals surface area contributed by atoms with Gasteiger partial charge in [-0.3, -0.25) is 9.36 Å². The van der Waals surface area contributed by atoms with E-state index in [-0.39, 0.29) is 17.4 Å². The molecule has 2 N–H and O–H groups in total. The Balaban J connectivity index is 1.48. The van der Waals surface area contributed by atoms with Crippen LogP contribution in [0.15, 0.2) is 83.1 Å². The van der Waals surface area contributed by atoms with E-state index in [0.717, 1.165) is 17.0 Å². The van der Waals surface area contributed by atoms with Gasteiger partial charge in [-0.15, -0.1) is 10.2 Å². The van der Waals surface area contributed by atoms with Crippen molar-refractivity contribution in [2.24, 2.45) is 5.10 Å². The van der Waals surface area contributed by atoms with Crippen molar-refractivity contribution in [1.29, 1.82) is 0 Å². The van der Waals surface area contributed by atoms with Gasteiger partial charge in [-0.05, 0) is 48.0 Å². The van der Waals surface area contributed by atoms with E-state index in [1.54, 1.807) is 19.2 Å². The van der Waals surface area contributed by atoms with E-state index in [0.29, 0.717) is 22.3 Å². The Morgan fingerprint density at radius 2 is 1.83 bits per heavy atom. The lowest BCUT2D eigenvalue weighted by Gasteiger charge is -2.11. The van der Waals surface area contributed by atoms with Gasteiger partial charge >= 0.3 is 0 Å². The van der Waals surface area contributed by atoms with Crippen LogP contribution >= 0.6 is 11.8 Å². The summed E-state index contributed by atoms with van der Waals surface area (Å²) in [7, 11) is 3.08. The fourth-order valence-electron chi connectivity index (χ4n) is 3.22. The molecule has 35 heavy (non-hydrogen) atoms. The standard InChI is InChI=1S/C25H23N5O4S/c1-33-20-11-9-19(10-12-20)30-24(18-6-4-3-5-7-18)28-29-25(30)35-16-23(32)27-26-15-17-8-13-21(31)22(14-17)34-2/h3-15,31H,16H2,1-2H3,(H,27,32)/b26-15+. The molecule has 3 aromatic carbocycles. The average Bonchev–Trinajstić information content (AvgIpc) is 3.33. The summed E-state index contributed by atoms with van der Waals surface area (Å²) in [5, 5.41) is 22.9. The molecular formula is C25H23N5O4S. The third-order valence-electron chi connectivity index (χ3n) is 4.93. The molecule has 0 bridgehead atoms. The van der Waals surface area contributed by atoms with Crippen molar-refractivity contribution < 1.29 is 19.4 Å². The van der Waals surface area contributed by atoms with Crippen LogP contribution in [0.2, 0.25) is 0 Å². The second kappa shape index (κ2) is 11.2. The highest BCUT2D eigenvalue weighted by atomic mass is 32.2. The summed E-state index contributed by atoms with van der Waals surface area (Å²) >= 11 is 1.25. The van der Waals surface area contributed by atoms with Gasteiger partial charge in [-0.2, -0.15) is 5.10 Å². The number of amides is 1. The zero-order chi connectivity index (χ0) is 24.6. The summed E-state index contributed by atoms with van der Waals surface area (Å²) in [5.41, 5.74) is 4.91. The number of hydrazone groups is 1. The molecule has 0 aliphatic heterocycles. The number of phenolic OH excluding ortho intramolecular Hbond substituents is 1. The second-order valence-corrected chi connectivity index (χ2v) is 8.16. The van der Waals surface area contributed by atoms with Gasteiger partial charge in [0, 0.05) is 11.3 Å². The molecule has 178 valence electrons. The van der Waals surface area contributed by atoms with E-state index in [2.05, 4.69) is 20.7 Å². The van der Waals surface area contributed by atoms with E-state index >= 15 is 0 Å². The van der Waals surface area contributed by atoms with Crippen LogP contribution in [0.3, 0.4) is 0 Å². The number of hydrogen-bond acceptors (Lipinski definition) is 8. The number of benzene rings is 3. The van der Waals surface area contributed by atoms with E-state index in [1.807, 2.05) is 59.2 Å². The number of aromatic hydroxyl groups is 1. The molecule has 4 aromatic rings. The van der Waals surface area contributed by atoms with Gasteiger partial charge in [0.1, 0.15) is 5.75 Å². The maximum Gasteiger partial charge on any atom is 0.250 e. The molecule has 0 aliphatic carbocycles. The van der Waals surface area contributed by atoms with Crippen LogP contribution in [0.5, 0.6) is 17.2 Å². The largest absolute Gasteiger partial charge is 0.504 e. The normalized spacial score (nSPS) is 10.9. The minimum atomic E-state index is -0.303. The molecule has 0 atom stereocenters. The van der Waals surface area contributed by atoms with Crippen LogP contribution in [0.1, 0.15) is 5.56 Å². The Bertz CT molecular complexity index is 1320. The number of carbonyl (C=O) groups is 1. The quantitative estimate of drug-likeness (QED) is 0.208. The summed E-state index contributed by atoms with van der Waals surface area (Å²) in [6.45, 7) is 0. The van der Waals surface area contributed by atoms with Gasteiger partial charge in [0.2, 0.25) is 0 Å². The first-order valence-corrected chi connectivity index (χ1v) is 11.5. The summed E-state index contributed by atoms with van der Waals surface area (Å²) in [6, 6.07) is 22.0. The van der Waals surface area contributed by atoms with Crippen molar-refractivity contribution in [3.05, 3.63) is 78.4 Å². The maximum atomic E-state index is 12.4. The maximum absolute atomic E-state index is 12.4. The zero-order valence-corrected chi connectivity index (χ0v) is 19.9. The van der Waals surface area contributed by atoms with Crippen molar-refractivity contribution >= 4 is 23.9 Å². The van der Waals surface area contributed by atoms with Gasteiger partial charge in [-0.1, -0.05) is 42.1 Å². The third kappa shape index (κ3) is 5.79. The predicted octanol–water partition coefficient (Wildman–Crippen LogP) is 3.90. The molecule has 9 nitrogen and oxygen atoms in total. The fraction of sp³-hybridized carbons (Fsp3) is 0.120. The van der Waals surface area contributed by atoms with Crippen molar-refractivity contribution in [2.45, 2.75) is 5.16 Å². The van der Waals surface area contributed by atoms with E-state index < -0.39 is 0 Å². The minimum Gasteiger partial charge on any atom is -0.504 e. The SMILES string of the molecule is COc1ccc(-n2c(SCC(=O)N/N=C/c3ccc(O)c(OC)c3)nnc2-c2ccccc2)cc1. The molecule has 0 saturated heterocycles. The lowest BCUT2D eigenvalue weighted by atomic mass is 10.2. The van der Waals surface area contributed by atoms with Crippen molar-refractivity contribution in [3.63, 3.8) is 0 Å². The fourth-order valence-corrected chi connectivity index (χ4v) is 3.96. The molecule has 1 aromatic heterocycles. The highest BCUT2D eigenvalue weighted by molar-refractivity contribution is 7.99. The molecule has 0 spiro atoms. The Hall–Kier alpha value is -4.31. The molecule has 1 amide bonds. The van der Waals surface area contributed by atoms with Crippen LogP contribution in [0.4, 0.5) is 0 Å². The Morgan fingerprint density at radius 3 is 2.54 bits per heavy atom. The molecule has 0 fully saturated rings. The van der Waals surface area contributed by atoms with E-state index in [4.69, 9.17) is 9.47 Å². The van der Waals surface area contributed by atoms with Crippen LogP contribution < -0.4 is 14.9 Å². The summed E-state index contributed by atoms with van der Waals surface area (Å²) in [4.78, 5) is 12.4. The van der Waals surface area contributed by atoms with Crippen LogP contribution in [-0.4, -0.2) is 52.0 Å². The molecule has 1 heterocycles. The highest BCUT2D eigenvalue weighted by Gasteiger charge is 2.17. The van der Waals surface area contributed by atoms with Crippen LogP contribution in [0, 0.1) is 0 Å². The number of carbonyl (C=O) groups excluding carboxylic acids is 1. The Morgan fingerprint density at radius 1 is 1.06 bits per heavy atom. The predicted molar refractivity (Wildman–Crippen MR) is 134 cm³/mol. The summed E-state index contributed by atoms with van der Waals surface area (Å²) in [5.74, 6) is 1.53. The molecule has 0 radical (unpaired) electrons. The number of thioether (sulfide) groups is 1. The second-order valence-electron chi connectivity index (χ2n) is 7.22. The monoisotopic (exact) mass is 489 g/mol. The molecule has 10 heteroatoms.